The van der Waals surface area contributed by atoms with E-state index in [1.54, 1.807) is 0 Å². The Kier molecular flexibility index (Phi) is 70.5. The summed E-state index contributed by atoms with van der Waals surface area (Å²) < 4.78 is 141. The summed E-state index contributed by atoms with van der Waals surface area (Å²) in [5.41, 5.74) is -3.25. The molecular weight excluding hydrogens is 1900 g/mol. The summed E-state index contributed by atoms with van der Waals surface area (Å²) in [4.78, 5) is 29.8. The highest BCUT2D eigenvalue weighted by Crippen LogP contribution is 2.47. The maximum Gasteiger partial charge on any atom is 0.425 e. The zero-order valence-electron chi connectivity index (χ0n) is 72.0. The Morgan fingerprint density at radius 1 is 0.420 bits per heavy atom. The molecule has 48 heteroatoms. The first-order valence-electron chi connectivity index (χ1n) is 34.6. The maximum absolute atomic E-state index is 11.9. The van der Waals surface area contributed by atoms with E-state index < -0.39 is 96.8 Å². The van der Waals surface area contributed by atoms with Gasteiger partial charge in [0.2, 0.25) is 0 Å². The fourth-order valence-electron chi connectivity index (χ4n) is 8.41. The maximum atomic E-state index is 11.9. The summed E-state index contributed by atoms with van der Waals surface area (Å²) in [6.07, 6.45) is 5.83. The summed E-state index contributed by atoms with van der Waals surface area (Å²) in [6, 6.07) is 0. The molecule has 2 fully saturated rings. The van der Waals surface area contributed by atoms with Gasteiger partial charge in [0.15, 0.2) is 39.3 Å². The van der Waals surface area contributed by atoms with Gasteiger partial charge in [-0.3, -0.25) is 4.55 Å². The average molecular weight is 2050 g/mol. The average Bonchev–Trinajstić information content (AvgIpc) is 1.66. The van der Waals surface area contributed by atoms with Gasteiger partial charge in [-0.1, -0.05) is 0 Å². The molecule has 2 amide bonds. The number of ether oxygens (including phenoxy) is 2. The second-order valence-corrected chi connectivity index (χ2v) is 56.0. The Balaban J connectivity index is -0.000000117. The number of rotatable bonds is 39. The second-order valence-electron chi connectivity index (χ2n) is 37.4. The van der Waals surface area contributed by atoms with Crippen molar-refractivity contribution in [1.29, 1.82) is 0 Å². The Hall–Kier alpha value is 2.63. The number of likely N-dealkylation sites (N-methyl/N-ethyl adjacent to an activating group) is 1. The number of nitrogens with one attached hydrogen (secondary N) is 3. The van der Waals surface area contributed by atoms with Crippen LogP contribution < -0.4 is 88.9 Å². The predicted octanol–water partition coefficient (Wildman–Crippen LogP) is -6.89. The van der Waals surface area contributed by atoms with Gasteiger partial charge < -0.3 is 106 Å². The molecule has 0 spiro atoms. The first kappa shape index (κ1) is 138. The smallest absolute Gasteiger partial charge is 0.425 e. The molecule has 2 heterocycles. The zero-order chi connectivity index (χ0) is 85.7. The minimum atomic E-state index is -4.18. The predicted molar refractivity (Wildman–Crippen MR) is 451 cm³/mol. The van der Waals surface area contributed by atoms with Crippen LogP contribution in [0.3, 0.4) is 0 Å². The van der Waals surface area contributed by atoms with Gasteiger partial charge in [0.05, 0.1) is 184 Å². The molecule has 2 atom stereocenters. The van der Waals surface area contributed by atoms with E-state index in [4.69, 9.17) is 115 Å². The zero-order valence-corrected chi connectivity index (χ0v) is 88.3. The van der Waals surface area contributed by atoms with E-state index in [0.29, 0.717) is 71.6 Å². The van der Waals surface area contributed by atoms with Gasteiger partial charge in [-0.05, 0) is 204 Å². The van der Waals surface area contributed by atoms with Gasteiger partial charge in [0.25, 0.3) is 10.1 Å². The molecular formula is C64H144Cl15N12O15PS5. The highest BCUT2D eigenvalue weighted by atomic mass is 35.6. The fraction of sp³-hybridized carbons (Fsp3) is 0.969. The minimum absolute atomic E-state index is 0. The van der Waals surface area contributed by atoms with Gasteiger partial charge in [-0.2, -0.15) is 8.42 Å². The molecule has 0 radical (unpaired) electrons. The third-order valence-electron chi connectivity index (χ3n) is 15.7. The van der Waals surface area contributed by atoms with E-state index in [-0.39, 0.29) is 144 Å². The molecule has 0 saturated carbocycles. The van der Waals surface area contributed by atoms with E-state index in [1.165, 1.54) is 19.5 Å². The lowest BCUT2D eigenvalue weighted by Gasteiger charge is -2.34. The van der Waals surface area contributed by atoms with E-state index in [1.807, 2.05) is 105 Å². The van der Waals surface area contributed by atoms with Crippen LogP contribution in [0.2, 0.25) is 0 Å². The number of hydrogen-bond acceptors (Lipinski definition) is 19. The molecule has 27 nitrogen and oxygen atoms in total. The second kappa shape index (κ2) is 57.3. The summed E-state index contributed by atoms with van der Waals surface area (Å²) >= 11 is 50.6. The number of quaternary nitrogens is 5. The van der Waals surface area contributed by atoms with Crippen LogP contribution in [0.25, 0.3) is 0 Å². The lowest BCUT2D eigenvalue weighted by atomic mass is 10.0. The SMILES string of the molecule is CC(C)(CCC[P+](C)(C)C)NCl.CC(C)(CCS(=O)(=O)CCC[N+](C)(C)C)N(Cl)Cl.CC(C)(CCS(=O)(=O)CCC[N+](C)(C)C)NCl.CC(C)(CCS(=O)(=O)CC[N+](C)(C)C)N(Cl)Cl.CC(C)(CCS(=O)(=O)CC[N+](C)(C)C)NCl.CC1(CS(=O)(=O)O)COC(=O)N1Cl.CC1(C[N+](C)(C)C)COC(=O)N1Cl.[Cl-].[Cl-].[Cl-].[Cl-].[Cl-].[Cl-]. The molecule has 0 aromatic carbocycles. The standard InChI is InChI=1S/C11H25Cl2N2O2S.C11H26ClN2O2S.C10H23Cl2N2O2S.C10H24ClN2O2S.C9H22ClNP.C8H16ClN2O2.C5H8ClNO5S.6ClH/c1-11(2,14(12)13)7-10-18(16,17)9-6-8-15(3,4)5;1-11(2,13-12)7-10-17(15,16)9-6-8-14(3,4)5;1-10(2,13(11)12)6-8-17(15,16)9-7-14(3,4)5;1-10(2,12-11)6-8-16(14,15)9-7-13(3,4)5;1-9(2,11-10)7-6-8-12(3,4)5;1-8(5-11(2,3)4)6-13-7(12)10(8)9;1-5(3-13(9,10)11)2-12-4(8)7(5)6;;;;;;/h6-10H2,1-5H3;13H,6-10H2,1-5H3;6-9H2,1-5H3;12H,6-9H2,1-5H3;11H,6-8H2,1-5H3;5-6H2,1-4H3;2-3H2,1H3,(H,9,10,11);6*1H/q6*+1;;;;;;;/p-6. The number of carbonyl (C=O) groups is 2. The Morgan fingerprint density at radius 2 is 0.670 bits per heavy atom. The first-order chi connectivity index (χ1) is 46.4. The Labute approximate surface area is 764 Å². The first-order valence-corrected chi connectivity index (χ1v) is 50.0. The summed E-state index contributed by atoms with van der Waals surface area (Å²) in [5.74, 6) is 0.866. The summed E-state index contributed by atoms with van der Waals surface area (Å²) in [7, 11) is 13.6. The Bertz CT molecular complexity index is 3170. The van der Waals surface area contributed by atoms with Gasteiger partial charge in [-0.15, -0.1) is 7.88 Å². The molecule has 0 aliphatic carbocycles. The molecule has 0 aromatic heterocycles. The van der Waals surface area contributed by atoms with Crippen LogP contribution in [-0.2, 0) is 58.9 Å². The van der Waals surface area contributed by atoms with Crippen molar-refractivity contribution in [3.05, 3.63) is 0 Å². The van der Waals surface area contributed by atoms with Crippen LogP contribution in [0, 0.1) is 0 Å². The molecule has 690 valence electrons. The van der Waals surface area contributed by atoms with E-state index in [2.05, 4.69) is 117 Å². The molecule has 2 rings (SSSR count). The van der Waals surface area contributed by atoms with Crippen LogP contribution in [-0.4, -0.2) is 366 Å². The number of sulfone groups is 4. The fourth-order valence-corrected chi connectivity index (χ4v) is 18.4. The summed E-state index contributed by atoms with van der Waals surface area (Å²) in [6.45, 7) is 33.5. The van der Waals surface area contributed by atoms with E-state index >= 15 is 0 Å². The number of carbonyl (C=O) groups excluding carboxylic acids is 2. The topological polar surface area (TPSA) is 293 Å². The molecule has 0 aromatic rings. The lowest BCUT2D eigenvalue weighted by Crippen LogP contribution is -3.00. The highest BCUT2D eigenvalue weighted by Gasteiger charge is 2.48. The van der Waals surface area contributed by atoms with Gasteiger partial charge >= 0.3 is 12.2 Å². The van der Waals surface area contributed by atoms with Crippen LogP contribution in [0.15, 0.2) is 0 Å². The van der Waals surface area contributed by atoms with Crippen LogP contribution in [0.1, 0.15) is 134 Å². The molecule has 2 unspecified atom stereocenters. The monoisotopic (exact) mass is 2040 g/mol. The van der Waals surface area contributed by atoms with Crippen molar-refractivity contribution in [1.82, 2.24) is 31.2 Å². The normalized spacial score (nSPS) is 16.8. The van der Waals surface area contributed by atoms with Crippen molar-refractivity contribution in [3.8, 4) is 0 Å². The van der Waals surface area contributed by atoms with Crippen molar-refractivity contribution >= 4 is 175 Å². The third-order valence-corrected chi connectivity index (χ3v) is 29.6. The number of amides is 2. The minimum Gasteiger partial charge on any atom is -1.00 e. The molecule has 112 heavy (non-hydrogen) atoms. The number of hydrogen-bond donors (Lipinski definition) is 4. The Morgan fingerprint density at radius 3 is 0.884 bits per heavy atom. The van der Waals surface area contributed by atoms with Crippen molar-refractivity contribution < 1.29 is 163 Å². The molecule has 2 aliphatic rings. The molecule has 0 bridgehead atoms. The molecule has 4 N–H and O–H groups in total. The van der Waals surface area contributed by atoms with Crippen LogP contribution >= 0.6 is 113 Å². The van der Waals surface area contributed by atoms with Crippen LogP contribution in [0.4, 0.5) is 9.59 Å². The quantitative estimate of drug-likeness (QED) is 0.0193. The molecule has 2 saturated heterocycles. The van der Waals surface area contributed by atoms with Crippen molar-refractivity contribution in [3.63, 3.8) is 0 Å². The summed E-state index contributed by atoms with van der Waals surface area (Å²) in [5, 5.41) is 0. The van der Waals surface area contributed by atoms with E-state index in [9.17, 15) is 51.7 Å². The lowest BCUT2D eigenvalue weighted by molar-refractivity contribution is -0.874. The van der Waals surface area contributed by atoms with Gasteiger partial charge in [0, 0.05) is 91.3 Å². The van der Waals surface area contributed by atoms with Gasteiger partial charge in [0.1, 0.15) is 36.6 Å². The number of cyclic esters (lactones) is 2. The van der Waals surface area contributed by atoms with Crippen molar-refractivity contribution in [2.75, 3.05) is 230 Å². The van der Waals surface area contributed by atoms with Crippen molar-refractivity contribution in [2.45, 2.75) is 173 Å². The number of halogens is 15. The van der Waals surface area contributed by atoms with E-state index in [0.717, 1.165) is 51.8 Å². The third kappa shape index (κ3) is 78.6. The van der Waals surface area contributed by atoms with Crippen LogP contribution in [0.5, 0.6) is 0 Å². The van der Waals surface area contributed by atoms with Gasteiger partial charge in [-0.25, -0.2) is 66.6 Å². The highest BCUT2D eigenvalue weighted by molar-refractivity contribution is 7.92. The molecule has 2 aliphatic heterocycles. The van der Waals surface area contributed by atoms with Crippen molar-refractivity contribution in [2.24, 2.45) is 0 Å². The largest absolute Gasteiger partial charge is 1.00 e. The number of nitrogens with zero attached hydrogens (tertiary/aromatic N) is 9.